The van der Waals surface area contributed by atoms with Crippen LogP contribution in [0.5, 0.6) is 5.75 Å². The molecule has 1 aromatic carbocycles. The fourth-order valence-electron chi connectivity index (χ4n) is 3.80. The van der Waals surface area contributed by atoms with E-state index in [-0.39, 0.29) is 12.4 Å². The molecule has 3 heterocycles. The van der Waals surface area contributed by atoms with E-state index in [0.717, 1.165) is 36.4 Å². The molecule has 0 spiro atoms. The topological polar surface area (TPSA) is 40.6 Å². The lowest BCUT2D eigenvalue weighted by Crippen LogP contribution is -2.49. The molecule has 1 N–H and O–H groups in total. The van der Waals surface area contributed by atoms with E-state index in [2.05, 4.69) is 39.6 Å². The van der Waals surface area contributed by atoms with E-state index < -0.39 is 0 Å². The van der Waals surface area contributed by atoms with Crippen LogP contribution in [0.3, 0.4) is 0 Å². The number of benzene rings is 1. The van der Waals surface area contributed by atoms with E-state index in [1.165, 1.54) is 43.9 Å². The molecule has 0 radical (unpaired) electrons. The Bertz CT molecular complexity index is 702. The highest BCUT2D eigenvalue weighted by molar-refractivity contribution is 7.09. The molecule has 0 aliphatic carbocycles. The summed E-state index contributed by atoms with van der Waals surface area (Å²) in [5, 5.41) is 6.68. The van der Waals surface area contributed by atoms with Crippen LogP contribution in [0.4, 0.5) is 0 Å². The van der Waals surface area contributed by atoms with Crippen LogP contribution >= 0.6 is 23.7 Å². The lowest BCUT2D eigenvalue weighted by molar-refractivity contribution is 0.170. The van der Waals surface area contributed by atoms with E-state index in [1.54, 1.807) is 11.3 Å². The lowest BCUT2D eigenvalue weighted by Gasteiger charge is -2.32. The molecule has 148 valence electrons. The second-order valence-electron chi connectivity index (χ2n) is 7.30. The van der Waals surface area contributed by atoms with Gasteiger partial charge in [0.2, 0.25) is 0 Å². The van der Waals surface area contributed by atoms with Gasteiger partial charge in [0, 0.05) is 57.2 Å². The van der Waals surface area contributed by atoms with Crippen LogP contribution in [-0.4, -0.2) is 60.1 Å². The van der Waals surface area contributed by atoms with Crippen LogP contribution in [-0.2, 0) is 13.2 Å². The van der Waals surface area contributed by atoms with Gasteiger partial charge in [0.1, 0.15) is 17.4 Å². The van der Waals surface area contributed by atoms with Crippen molar-refractivity contribution in [3.63, 3.8) is 0 Å². The van der Waals surface area contributed by atoms with E-state index in [9.17, 15) is 0 Å². The molecule has 0 bridgehead atoms. The first-order chi connectivity index (χ1) is 12.8. The highest BCUT2D eigenvalue weighted by Gasteiger charge is 2.28. The Hall–Kier alpha value is -1.18. The van der Waals surface area contributed by atoms with Crippen molar-refractivity contribution >= 4 is 23.7 Å². The third kappa shape index (κ3) is 5.65. The maximum absolute atomic E-state index is 5.85. The zero-order chi connectivity index (χ0) is 17.8. The largest absolute Gasteiger partial charge is 0.486 e. The number of piperazine rings is 1. The molecule has 5 nitrogen and oxygen atoms in total. The Labute approximate surface area is 172 Å². The van der Waals surface area contributed by atoms with Gasteiger partial charge in [0.15, 0.2) is 0 Å². The van der Waals surface area contributed by atoms with Crippen LogP contribution in [0.1, 0.15) is 22.7 Å². The smallest absolute Gasteiger partial charge is 0.140 e. The highest BCUT2D eigenvalue weighted by atomic mass is 35.5. The van der Waals surface area contributed by atoms with E-state index >= 15 is 0 Å². The van der Waals surface area contributed by atoms with Crippen molar-refractivity contribution in [3.05, 3.63) is 45.9 Å². The van der Waals surface area contributed by atoms with Gasteiger partial charge in [0.05, 0.1) is 5.69 Å². The summed E-state index contributed by atoms with van der Waals surface area (Å²) in [7, 11) is 0. The average Bonchev–Trinajstić information content (AvgIpc) is 3.32. The molecule has 1 unspecified atom stereocenters. The number of rotatable bonds is 6. The van der Waals surface area contributed by atoms with Crippen molar-refractivity contribution < 1.29 is 4.74 Å². The van der Waals surface area contributed by atoms with Gasteiger partial charge in [-0.05, 0) is 25.5 Å². The summed E-state index contributed by atoms with van der Waals surface area (Å²) < 4.78 is 5.85. The van der Waals surface area contributed by atoms with Gasteiger partial charge in [-0.3, -0.25) is 9.80 Å². The molecule has 2 aromatic rings. The summed E-state index contributed by atoms with van der Waals surface area (Å²) in [5.41, 5.74) is 2.43. The summed E-state index contributed by atoms with van der Waals surface area (Å²) in [6, 6.07) is 8.91. The normalized spacial score (nSPS) is 21.1. The van der Waals surface area contributed by atoms with Crippen molar-refractivity contribution in [2.75, 3.05) is 39.3 Å². The van der Waals surface area contributed by atoms with Crippen molar-refractivity contribution in [1.82, 2.24) is 20.1 Å². The lowest BCUT2D eigenvalue weighted by atomic mass is 10.2. The maximum atomic E-state index is 5.85. The molecule has 27 heavy (non-hydrogen) atoms. The summed E-state index contributed by atoms with van der Waals surface area (Å²) in [6.07, 6.45) is 1.29. The number of aromatic nitrogens is 1. The Morgan fingerprint density at radius 2 is 1.96 bits per heavy atom. The third-order valence-electron chi connectivity index (χ3n) is 5.28. The summed E-state index contributed by atoms with van der Waals surface area (Å²) in [4.78, 5) is 9.97. The summed E-state index contributed by atoms with van der Waals surface area (Å²) in [6.45, 7) is 10.6. The van der Waals surface area contributed by atoms with E-state index in [1.807, 2.05) is 12.1 Å². The number of thiazole rings is 1. The Kier molecular flexibility index (Phi) is 7.49. The third-order valence-corrected chi connectivity index (χ3v) is 6.15. The summed E-state index contributed by atoms with van der Waals surface area (Å²) in [5.74, 6) is 0.908. The standard InChI is InChI=1S/C20H28N4OS.ClH/c1-16-2-4-19(5-3-16)25-14-20-22-17(15-26-20)12-23-9-6-18(13-23)24-10-7-21-8-11-24;/h2-5,15,18,21H,6-14H2,1H3;1H. The monoisotopic (exact) mass is 408 g/mol. The molecule has 0 saturated carbocycles. The van der Waals surface area contributed by atoms with E-state index in [4.69, 9.17) is 9.72 Å². The first kappa shape index (κ1) is 20.6. The molecular weight excluding hydrogens is 380 g/mol. The minimum absolute atomic E-state index is 0. The van der Waals surface area contributed by atoms with Crippen LogP contribution in [0.15, 0.2) is 29.6 Å². The number of nitrogens with zero attached hydrogens (tertiary/aromatic N) is 3. The first-order valence-corrected chi connectivity index (χ1v) is 10.4. The number of hydrogen-bond acceptors (Lipinski definition) is 6. The fraction of sp³-hybridized carbons (Fsp3) is 0.550. The molecule has 1 aromatic heterocycles. The first-order valence-electron chi connectivity index (χ1n) is 9.56. The fourth-order valence-corrected chi connectivity index (χ4v) is 4.49. The number of nitrogens with one attached hydrogen (secondary N) is 1. The Morgan fingerprint density at radius 1 is 1.19 bits per heavy atom. The number of halogens is 1. The van der Waals surface area contributed by atoms with Gasteiger partial charge >= 0.3 is 0 Å². The number of hydrogen-bond donors (Lipinski definition) is 1. The molecular formula is C20H29ClN4OS. The zero-order valence-electron chi connectivity index (χ0n) is 15.9. The molecule has 1 atom stereocenters. The van der Waals surface area contributed by atoms with Crippen molar-refractivity contribution in [2.45, 2.75) is 32.5 Å². The molecule has 2 fully saturated rings. The Balaban J connectivity index is 0.00000210. The van der Waals surface area contributed by atoms with E-state index in [0.29, 0.717) is 6.61 Å². The second kappa shape index (κ2) is 9.85. The minimum atomic E-state index is 0. The predicted molar refractivity (Wildman–Crippen MR) is 113 cm³/mol. The maximum Gasteiger partial charge on any atom is 0.140 e. The summed E-state index contributed by atoms with van der Waals surface area (Å²) >= 11 is 1.70. The van der Waals surface area contributed by atoms with Crippen LogP contribution in [0.25, 0.3) is 0 Å². The van der Waals surface area contributed by atoms with Crippen LogP contribution in [0, 0.1) is 6.92 Å². The van der Waals surface area contributed by atoms with Gasteiger partial charge in [-0.25, -0.2) is 4.98 Å². The van der Waals surface area contributed by atoms with Gasteiger partial charge in [0.25, 0.3) is 0 Å². The predicted octanol–water partition coefficient (Wildman–Crippen LogP) is 2.93. The molecule has 4 rings (SSSR count). The molecule has 0 amide bonds. The van der Waals surface area contributed by atoms with Crippen LogP contribution < -0.4 is 10.1 Å². The minimum Gasteiger partial charge on any atom is -0.486 e. The Morgan fingerprint density at radius 3 is 2.74 bits per heavy atom. The van der Waals surface area contributed by atoms with Crippen molar-refractivity contribution in [1.29, 1.82) is 0 Å². The second-order valence-corrected chi connectivity index (χ2v) is 8.24. The zero-order valence-corrected chi connectivity index (χ0v) is 17.5. The van der Waals surface area contributed by atoms with Gasteiger partial charge in [-0.1, -0.05) is 17.7 Å². The molecule has 2 aliphatic rings. The quantitative estimate of drug-likeness (QED) is 0.795. The van der Waals surface area contributed by atoms with Gasteiger partial charge in [-0.15, -0.1) is 23.7 Å². The number of aryl methyl sites for hydroxylation is 1. The van der Waals surface area contributed by atoms with Crippen molar-refractivity contribution in [3.8, 4) is 5.75 Å². The number of ether oxygens (including phenoxy) is 1. The average molecular weight is 409 g/mol. The molecule has 7 heteroatoms. The van der Waals surface area contributed by atoms with Gasteiger partial charge in [-0.2, -0.15) is 0 Å². The van der Waals surface area contributed by atoms with Crippen LogP contribution in [0.2, 0.25) is 0 Å². The highest BCUT2D eigenvalue weighted by Crippen LogP contribution is 2.20. The van der Waals surface area contributed by atoms with Gasteiger partial charge < -0.3 is 10.1 Å². The van der Waals surface area contributed by atoms with Crippen molar-refractivity contribution in [2.24, 2.45) is 0 Å². The SMILES string of the molecule is Cc1ccc(OCc2nc(CN3CCC(N4CCNCC4)C3)cs2)cc1.Cl. The number of likely N-dealkylation sites (tertiary alicyclic amines) is 1. The molecule has 2 saturated heterocycles. The molecule has 2 aliphatic heterocycles.